The molecule has 0 saturated carbocycles. The van der Waals surface area contributed by atoms with E-state index in [4.69, 9.17) is 5.11 Å². The van der Waals surface area contributed by atoms with E-state index >= 15 is 0 Å². The van der Waals surface area contributed by atoms with Gasteiger partial charge in [0, 0.05) is 4.70 Å². The van der Waals surface area contributed by atoms with Gasteiger partial charge in [-0.1, -0.05) is 12.1 Å². The lowest BCUT2D eigenvalue weighted by Gasteiger charge is -1.96. The molecule has 0 radical (unpaired) electrons. The Bertz CT molecular complexity index is 490. The van der Waals surface area contributed by atoms with Gasteiger partial charge in [-0.3, -0.25) is 4.79 Å². The molecule has 1 N–H and O–H groups in total. The average Bonchev–Trinajstić information content (AvgIpc) is 2.42. The maximum atomic E-state index is 10.5. The molecule has 2 nitrogen and oxygen atoms in total. The molecule has 72 valence electrons. The summed E-state index contributed by atoms with van der Waals surface area (Å²) in [5, 5.41) is 9.79. The van der Waals surface area contributed by atoms with E-state index in [9.17, 15) is 4.79 Å². The van der Waals surface area contributed by atoms with Gasteiger partial charge in [0.05, 0.1) is 10.2 Å². The first kappa shape index (κ1) is 9.68. The molecule has 0 spiro atoms. The normalized spacial score (nSPS) is 10.6. The van der Waals surface area contributed by atoms with E-state index in [0.717, 1.165) is 19.4 Å². The molecule has 0 aliphatic heterocycles. The monoisotopic (exact) mass is 270 g/mol. The summed E-state index contributed by atoms with van der Waals surface area (Å²) in [6, 6.07) is 7.77. The number of thiophene rings is 1. The van der Waals surface area contributed by atoms with Crippen molar-refractivity contribution in [2.75, 3.05) is 0 Å². The summed E-state index contributed by atoms with van der Waals surface area (Å²) >= 11 is 5.02. The predicted molar refractivity (Wildman–Crippen MR) is 60.9 cm³/mol. The van der Waals surface area contributed by atoms with Crippen molar-refractivity contribution in [3.63, 3.8) is 0 Å². The van der Waals surface area contributed by atoms with Crippen LogP contribution in [0.15, 0.2) is 28.1 Å². The van der Waals surface area contributed by atoms with Crippen molar-refractivity contribution in [2.24, 2.45) is 0 Å². The molecule has 2 rings (SSSR count). The highest BCUT2D eigenvalue weighted by atomic mass is 79.9. The molecule has 14 heavy (non-hydrogen) atoms. The van der Waals surface area contributed by atoms with Crippen LogP contribution < -0.4 is 0 Å². The zero-order valence-electron chi connectivity index (χ0n) is 7.16. The van der Waals surface area contributed by atoms with Crippen molar-refractivity contribution in [1.82, 2.24) is 0 Å². The maximum Gasteiger partial charge on any atom is 0.307 e. The second-order valence-electron chi connectivity index (χ2n) is 2.99. The minimum absolute atomic E-state index is 0.0887. The molecule has 2 aromatic rings. The Hall–Kier alpha value is -0.870. The fraction of sp³-hybridized carbons (Fsp3) is 0.100. The number of carboxylic acid groups (broad SMARTS) is 1. The zero-order chi connectivity index (χ0) is 10.1. The number of aliphatic carboxylic acids is 1. The summed E-state index contributed by atoms with van der Waals surface area (Å²) in [5.41, 5.74) is 0.847. The lowest BCUT2D eigenvalue weighted by molar-refractivity contribution is -0.136. The maximum absolute atomic E-state index is 10.5. The van der Waals surface area contributed by atoms with Gasteiger partial charge >= 0.3 is 5.97 Å². The molecule has 1 heterocycles. The number of halogens is 1. The van der Waals surface area contributed by atoms with Crippen molar-refractivity contribution in [2.45, 2.75) is 6.42 Å². The lowest BCUT2D eigenvalue weighted by Crippen LogP contribution is -1.99. The first-order valence-corrected chi connectivity index (χ1v) is 5.66. The topological polar surface area (TPSA) is 37.3 Å². The van der Waals surface area contributed by atoms with Gasteiger partial charge < -0.3 is 5.11 Å². The fourth-order valence-electron chi connectivity index (χ4n) is 1.33. The second-order valence-corrected chi connectivity index (χ2v) is 5.46. The minimum Gasteiger partial charge on any atom is -0.481 e. The zero-order valence-corrected chi connectivity index (χ0v) is 9.56. The quantitative estimate of drug-likeness (QED) is 0.910. The van der Waals surface area contributed by atoms with Crippen LogP contribution in [0.5, 0.6) is 0 Å². The van der Waals surface area contributed by atoms with Crippen LogP contribution in [0.3, 0.4) is 0 Å². The number of carboxylic acids is 1. The molecular weight excluding hydrogens is 264 g/mol. The smallest absolute Gasteiger partial charge is 0.307 e. The van der Waals surface area contributed by atoms with Crippen molar-refractivity contribution >= 4 is 43.3 Å². The Kier molecular flexibility index (Phi) is 2.56. The van der Waals surface area contributed by atoms with Gasteiger partial charge in [-0.15, -0.1) is 11.3 Å². The van der Waals surface area contributed by atoms with E-state index in [1.54, 1.807) is 11.3 Å². The van der Waals surface area contributed by atoms with Crippen LogP contribution in [0.4, 0.5) is 0 Å². The molecule has 0 amide bonds. The second kappa shape index (κ2) is 3.71. The average molecular weight is 271 g/mol. The summed E-state index contributed by atoms with van der Waals surface area (Å²) in [4.78, 5) is 10.5. The fourth-order valence-corrected chi connectivity index (χ4v) is 2.95. The molecule has 0 atom stereocenters. The highest BCUT2D eigenvalue weighted by Gasteiger charge is 2.03. The standard InChI is InChI=1S/C10H7BrO2S/c11-9-5-7-2-1-6(4-10(12)13)3-8(7)14-9/h1-3,5H,4H2,(H,12,13). The predicted octanol–water partition coefficient (Wildman–Crippen LogP) is 3.29. The lowest BCUT2D eigenvalue weighted by atomic mass is 10.1. The first-order valence-electron chi connectivity index (χ1n) is 4.05. The third-order valence-corrected chi connectivity index (χ3v) is 3.51. The number of hydrogen-bond donors (Lipinski definition) is 1. The van der Waals surface area contributed by atoms with Crippen molar-refractivity contribution in [3.05, 3.63) is 33.6 Å². The summed E-state index contributed by atoms with van der Waals surface area (Å²) in [7, 11) is 0. The van der Waals surface area contributed by atoms with Crippen LogP contribution in [-0.2, 0) is 11.2 Å². The number of fused-ring (bicyclic) bond motifs is 1. The van der Waals surface area contributed by atoms with Gasteiger partial charge in [-0.05, 0) is 39.0 Å². The Labute approximate surface area is 93.3 Å². The molecule has 0 unspecified atom stereocenters. The molecule has 1 aromatic carbocycles. The van der Waals surface area contributed by atoms with Crippen LogP contribution >= 0.6 is 27.3 Å². The first-order chi connectivity index (χ1) is 6.65. The number of benzene rings is 1. The van der Waals surface area contributed by atoms with Crippen molar-refractivity contribution < 1.29 is 9.90 Å². The highest BCUT2D eigenvalue weighted by Crippen LogP contribution is 2.30. The summed E-state index contributed by atoms with van der Waals surface area (Å²) in [6.07, 6.45) is 0.0887. The Morgan fingerprint density at radius 3 is 2.93 bits per heavy atom. The summed E-state index contributed by atoms with van der Waals surface area (Å²) < 4.78 is 2.19. The van der Waals surface area contributed by atoms with Crippen LogP contribution in [0.25, 0.3) is 10.1 Å². The number of rotatable bonds is 2. The van der Waals surface area contributed by atoms with Crippen LogP contribution in [0, 0.1) is 0 Å². The van der Waals surface area contributed by atoms with E-state index in [1.807, 2.05) is 24.3 Å². The van der Waals surface area contributed by atoms with Crippen LogP contribution in [0.2, 0.25) is 0 Å². The third-order valence-electron chi connectivity index (χ3n) is 1.91. The van der Waals surface area contributed by atoms with E-state index in [2.05, 4.69) is 15.9 Å². The molecule has 0 aliphatic carbocycles. The Morgan fingerprint density at radius 2 is 2.21 bits per heavy atom. The Balaban J connectivity index is 2.45. The van der Waals surface area contributed by atoms with E-state index < -0.39 is 5.97 Å². The molecule has 0 aliphatic rings. The molecule has 1 aromatic heterocycles. The van der Waals surface area contributed by atoms with Crippen molar-refractivity contribution in [3.8, 4) is 0 Å². The third kappa shape index (κ3) is 1.96. The molecule has 4 heteroatoms. The van der Waals surface area contributed by atoms with E-state index in [-0.39, 0.29) is 6.42 Å². The largest absolute Gasteiger partial charge is 0.481 e. The molecule has 0 saturated heterocycles. The molecule has 0 bridgehead atoms. The van der Waals surface area contributed by atoms with Gasteiger partial charge in [0.25, 0.3) is 0 Å². The number of hydrogen-bond acceptors (Lipinski definition) is 2. The van der Waals surface area contributed by atoms with Gasteiger partial charge in [0.1, 0.15) is 0 Å². The number of carbonyl (C=O) groups is 1. The summed E-state index contributed by atoms with van der Waals surface area (Å²) in [5.74, 6) is -0.792. The van der Waals surface area contributed by atoms with Crippen molar-refractivity contribution in [1.29, 1.82) is 0 Å². The van der Waals surface area contributed by atoms with Gasteiger partial charge in [0.15, 0.2) is 0 Å². The van der Waals surface area contributed by atoms with Crippen LogP contribution in [0.1, 0.15) is 5.56 Å². The highest BCUT2D eigenvalue weighted by molar-refractivity contribution is 9.11. The van der Waals surface area contributed by atoms with Gasteiger partial charge in [-0.2, -0.15) is 0 Å². The van der Waals surface area contributed by atoms with Gasteiger partial charge in [0.2, 0.25) is 0 Å². The SMILES string of the molecule is O=C(O)Cc1ccc2cc(Br)sc2c1. The van der Waals surface area contributed by atoms with Gasteiger partial charge in [-0.25, -0.2) is 0 Å². The van der Waals surface area contributed by atoms with Crippen LogP contribution in [-0.4, -0.2) is 11.1 Å². The van der Waals surface area contributed by atoms with E-state index in [0.29, 0.717) is 0 Å². The molecular formula is C10H7BrO2S. The minimum atomic E-state index is -0.792. The Morgan fingerprint density at radius 1 is 1.43 bits per heavy atom. The van der Waals surface area contributed by atoms with E-state index in [1.165, 1.54) is 0 Å². The summed E-state index contributed by atoms with van der Waals surface area (Å²) in [6.45, 7) is 0. The molecule has 0 fully saturated rings.